The van der Waals surface area contributed by atoms with Gasteiger partial charge in [0.05, 0.1) is 6.61 Å². The Labute approximate surface area is 115 Å². The smallest absolute Gasteiger partial charge is 0.123 e. The third-order valence-electron chi connectivity index (χ3n) is 4.78. The molecule has 0 amide bonds. The Hall–Kier alpha value is -1.22. The van der Waals surface area contributed by atoms with Gasteiger partial charge in [0.15, 0.2) is 0 Å². The SMILES string of the molecule is CCOc1cccc(OC2CC(N)C23CCCC3)c1. The van der Waals surface area contributed by atoms with E-state index in [9.17, 15) is 0 Å². The Kier molecular flexibility index (Phi) is 3.40. The molecule has 0 heterocycles. The lowest BCUT2D eigenvalue weighted by Crippen LogP contribution is -2.62. The highest BCUT2D eigenvalue weighted by Gasteiger charge is 2.56. The van der Waals surface area contributed by atoms with Crippen LogP contribution in [0.1, 0.15) is 39.0 Å². The molecule has 1 aromatic rings. The number of rotatable bonds is 4. The molecule has 3 rings (SSSR count). The molecule has 2 N–H and O–H groups in total. The topological polar surface area (TPSA) is 44.5 Å². The fourth-order valence-corrected chi connectivity index (χ4v) is 3.64. The summed E-state index contributed by atoms with van der Waals surface area (Å²) in [6, 6.07) is 8.27. The first-order chi connectivity index (χ1) is 9.24. The molecule has 2 fully saturated rings. The standard InChI is InChI=1S/C16H23NO2/c1-2-18-12-6-5-7-13(10-12)19-15-11-14(17)16(15)8-3-4-9-16/h5-7,10,14-15H,2-4,8-9,11,17H2,1H3. The predicted octanol–water partition coefficient (Wildman–Crippen LogP) is 3.12. The van der Waals surface area contributed by atoms with Crippen LogP contribution in [0, 0.1) is 5.41 Å². The highest BCUT2D eigenvalue weighted by Crippen LogP contribution is 2.53. The van der Waals surface area contributed by atoms with Crippen LogP contribution < -0.4 is 15.2 Å². The first-order valence-corrected chi connectivity index (χ1v) is 7.40. The Morgan fingerprint density at radius 1 is 1.26 bits per heavy atom. The summed E-state index contributed by atoms with van der Waals surface area (Å²) >= 11 is 0. The molecule has 104 valence electrons. The van der Waals surface area contributed by atoms with Gasteiger partial charge in [-0.1, -0.05) is 18.9 Å². The summed E-state index contributed by atoms with van der Waals surface area (Å²) in [6.07, 6.45) is 6.33. The number of hydrogen-bond acceptors (Lipinski definition) is 3. The van der Waals surface area contributed by atoms with E-state index >= 15 is 0 Å². The molecule has 19 heavy (non-hydrogen) atoms. The Morgan fingerprint density at radius 2 is 2.00 bits per heavy atom. The van der Waals surface area contributed by atoms with E-state index in [1.54, 1.807) is 0 Å². The second-order valence-corrected chi connectivity index (χ2v) is 5.80. The molecule has 3 heteroatoms. The van der Waals surface area contributed by atoms with Gasteiger partial charge < -0.3 is 15.2 Å². The average Bonchev–Trinajstić information content (AvgIpc) is 2.92. The molecule has 0 aromatic heterocycles. The molecule has 2 aliphatic carbocycles. The summed E-state index contributed by atoms with van der Waals surface area (Å²) in [6.45, 7) is 2.67. The van der Waals surface area contributed by atoms with E-state index in [2.05, 4.69) is 0 Å². The highest BCUT2D eigenvalue weighted by molar-refractivity contribution is 5.33. The van der Waals surface area contributed by atoms with Crippen molar-refractivity contribution in [3.05, 3.63) is 24.3 Å². The number of ether oxygens (including phenoxy) is 2. The third kappa shape index (κ3) is 2.20. The molecule has 0 radical (unpaired) electrons. The second kappa shape index (κ2) is 5.04. The van der Waals surface area contributed by atoms with Crippen LogP contribution in [0.2, 0.25) is 0 Å². The minimum atomic E-state index is 0.252. The van der Waals surface area contributed by atoms with Crippen molar-refractivity contribution in [2.24, 2.45) is 11.1 Å². The van der Waals surface area contributed by atoms with E-state index in [1.165, 1.54) is 25.7 Å². The minimum absolute atomic E-state index is 0.252. The monoisotopic (exact) mass is 261 g/mol. The van der Waals surface area contributed by atoms with Crippen LogP contribution in [0.5, 0.6) is 11.5 Å². The van der Waals surface area contributed by atoms with Crippen LogP contribution in [0.3, 0.4) is 0 Å². The fraction of sp³-hybridized carbons (Fsp3) is 0.625. The Bertz CT molecular complexity index is 440. The van der Waals surface area contributed by atoms with E-state index in [1.807, 2.05) is 31.2 Å². The average molecular weight is 261 g/mol. The van der Waals surface area contributed by atoms with Gasteiger partial charge >= 0.3 is 0 Å². The summed E-state index contributed by atoms with van der Waals surface area (Å²) in [5.74, 6) is 1.79. The molecule has 3 nitrogen and oxygen atoms in total. The van der Waals surface area contributed by atoms with Gasteiger partial charge in [-0.3, -0.25) is 0 Å². The van der Waals surface area contributed by atoms with E-state index < -0.39 is 0 Å². The third-order valence-corrected chi connectivity index (χ3v) is 4.78. The lowest BCUT2D eigenvalue weighted by atomic mass is 9.61. The van der Waals surface area contributed by atoms with Crippen molar-refractivity contribution in [1.29, 1.82) is 0 Å². The highest BCUT2D eigenvalue weighted by atomic mass is 16.5. The fourth-order valence-electron chi connectivity index (χ4n) is 3.64. The van der Waals surface area contributed by atoms with Crippen LogP contribution in [-0.4, -0.2) is 18.8 Å². The number of hydrogen-bond donors (Lipinski definition) is 1. The second-order valence-electron chi connectivity index (χ2n) is 5.80. The predicted molar refractivity (Wildman–Crippen MR) is 75.5 cm³/mol. The lowest BCUT2D eigenvalue weighted by Gasteiger charge is -2.52. The number of benzene rings is 1. The normalized spacial score (nSPS) is 28.1. The molecule has 0 bridgehead atoms. The van der Waals surface area contributed by atoms with Crippen molar-refractivity contribution in [2.75, 3.05) is 6.61 Å². The van der Waals surface area contributed by atoms with Crippen molar-refractivity contribution in [3.8, 4) is 11.5 Å². The van der Waals surface area contributed by atoms with Crippen LogP contribution in [0.4, 0.5) is 0 Å². The summed E-state index contributed by atoms with van der Waals surface area (Å²) in [7, 11) is 0. The molecule has 1 spiro atoms. The van der Waals surface area contributed by atoms with Crippen LogP contribution >= 0.6 is 0 Å². The summed E-state index contributed by atoms with van der Waals surface area (Å²) in [4.78, 5) is 0. The van der Waals surface area contributed by atoms with Crippen molar-refractivity contribution in [3.63, 3.8) is 0 Å². The van der Waals surface area contributed by atoms with E-state index in [0.717, 1.165) is 17.9 Å². The lowest BCUT2D eigenvalue weighted by molar-refractivity contribution is -0.0620. The first kappa shape index (κ1) is 12.8. The van der Waals surface area contributed by atoms with Gasteiger partial charge in [0.2, 0.25) is 0 Å². The maximum Gasteiger partial charge on any atom is 0.123 e. The molecule has 2 aliphatic rings. The van der Waals surface area contributed by atoms with Crippen molar-refractivity contribution >= 4 is 0 Å². The maximum absolute atomic E-state index is 6.24. The van der Waals surface area contributed by atoms with Gasteiger partial charge in [-0.25, -0.2) is 0 Å². The van der Waals surface area contributed by atoms with Gasteiger partial charge in [0, 0.05) is 23.9 Å². The summed E-state index contributed by atoms with van der Waals surface area (Å²) in [5, 5.41) is 0. The molecular formula is C16H23NO2. The van der Waals surface area contributed by atoms with E-state index in [0.29, 0.717) is 18.8 Å². The zero-order chi connectivity index (χ0) is 13.3. The minimum Gasteiger partial charge on any atom is -0.494 e. The molecule has 0 saturated heterocycles. The molecule has 2 atom stereocenters. The molecule has 2 unspecified atom stereocenters. The van der Waals surface area contributed by atoms with E-state index in [-0.39, 0.29) is 5.41 Å². The Balaban J connectivity index is 1.70. The largest absolute Gasteiger partial charge is 0.494 e. The van der Waals surface area contributed by atoms with Gasteiger partial charge in [-0.2, -0.15) is 0 Å². The maximum atomic E-state index is 6.24. The van der Waals surface area contributed by atoms with Crippen LogP contribution in [0.15, 0.2) is 24.3 Å². The van der Waals surface area contributed by atoms with Crippen LogP contribution in [-0.2, 0) is 0 Å². The van der Waals surface area contributed by atoms with Gasteiger partial charge in [0.25, 0.3) is 0 Å². The molecule has 2 saturated carbocycles. The van der Waals surface area contributed by atoms with Crippen molar-refractivity contribution in [1.82, 2.24) is 0 Å². The van der Waals surface area contributed by atoms with Crippen molar-refractivity contribution < 1.29 is 9.47 Å². The van der Waals surface area contributed by atoms with Gasteiger partial charge in [0.1, 0.15) is 17.6 Å². The molecule has 1 aromatic carbocycles. The summed E-state index contributed by atoms with van der Waals surface area (Å²) in [5.41, 5.74) is 6.49. The first-order valence-electron chi connectivity index (χ1n) is 7.40. The molecular weight excluding hydrogens is 238 g/mol. The van der Waals surface area contributed by atoms with Gasteiger partial charge in [-0.15, -0.1) is 0 Å². The quantitative estimate of drug-likeness (QED) is 0.905. The zero-order valence-corrected chi connectivity index (χ0v) is 11.6. The van der Waals surface area contributed by atoms with E-state index in [4.69, 9.17) is 15.2 Å². The van der Waals surface area contributed by atoms with Gasteiger partial charge in [-0.05, 0) is 31.9 Å². The number of nitrogens with two attached hydrogens (primary N) is 1. The zero-order valence-electron chi connectivity index (χ0n) is 11.6. The Morgan fingerprint density at radius 3 is 2.68 bits per heavy atom. The van der Waals surface area contributed by atoms with Crippen molar-refractivity contribution in [2.45, 2.75) is 51.2 Å². The van der Waals surface area contributed by atoms with Crippen LogP contribution in [0.25, 0.3) is 0 Å². The summed E-state index contributed by atoms with van der Waals surface area (Å²) < 4.78 is 11.7. The molecule has 0 aliphatic heterocycles.